The minimum absolute atomic E-state index is 0.0951. The first kappa shape index (κ1) is 31.3. The standard InChI is InChI=1S/C33H35N3O6S2/c1-20-19-43-30-26(35-25(37)17-23-15-16-24(44-23)18-34-32(40)42-33(2,3)4)29(38)36(30)27(20)31(39)41-28(21-11-7-5-8-12-21)22-13-9-6-10-14-22/h5-16,26,28,30H,17-19H2,1-4H3,(H,34,40)(H,35,37)/t26-,30+/m1/s1. The maximum absolute atomic E-state index is 13.6. The van der Waals surface area contributed by atoms with Crippen molar-refractivity contribution in [2.75, 3.05) is 5.75 Å². The largest absolute Gasteiger partial charge is 0.448 e. The van der Waals surface area contributed by atoms with Crippen LogP contribution in [0.4, 0.5) is 4.79 Å². The Morgan fingerprint density at radius 3 is 2.18 bits per heavy atom. The van der Waals surface area contributed by atoms with Crippen molar-refractivity contribution in [3.05, 3.63) is 105 Å². The van der Waals surface area contributed by atoms with Gasteiger partial charge in [-0.2, -0.15) is 0 Å². The molecule has 1 fully saturated rings. The van der Waals surface area contributed by atoms with Crippen molar-refractivity contribution >= 4 is 47.0 Å². The van der Waals surface area contributed by atoms with Crippen molar-refractivity contribution in [2.24, 2.45) is 0 Å². The van der Waals surface area contributed by atoms with Crippen molar-refractivity contribution in [1.82, 2.24) is 15.5 Å². The SMILES string of the molecule is CC1=C(C(=O)OC(c2ccccc2)c2ccccc2)N2C(=O)[C@@H](NC(=O)Cc3ccc(CNC(=O)OC(C)(C)C)s3)[C@@H]2SC1. The lowest BCUT2D eigenvalue weighted by Gasteiger charge is -2.49. The summed E-state index contributed by atoms with van der Waals surface area (Å²) in [5.41, 5.74) is 2.05. The molecule has 9 nitrogen and oxygen atoms in total. The molecule has 3 amide bonds. The summed E-state index contributed by atoms with van der Waals surface area (Å²) < 4.78 is 11.3. The van der Waals surface area contributed by atoms with Crippen molar-refractivity contribution in [1.29, 1.82) is 0 Å². The summed E-state index contributed by atoms with van der Waals surface area (Å²) in [5.74, 6) is -0.673. The topological polar surface area (TPSA) is 114 Å². The van der Waals surface area contributed by atoms with Gasteiger partial charge < -0.3 is 20.1 Å². The molecule has 2 N–H and O–H groups in total. The monoisotopic (exact) mass is 633 g/mol. The van der Waals surface area contributed by atoms with Crippen LogP contribution in [0.15, 0.2) is 84.1 Å². The minimum Gasteiger partial charge on any atom is -0.448 e. The second-order valence-corrected chi connectivity index (χ2v) is 13.9. The van der Waals surface area contributed by atoms with Gasteiger partial charge in [-0.1, -0.05) is 60.7 Å². The highest BCUT2D eigenvalue weighted by Gasteiger charge is 2.54. The Bertz CT molecular complexity index is 1530. The van der Waals surface area contributed by atoms with E-state index in [0.29, 0.717) is 5.75 Å². The number of benzene rings is 2. The van der Waals surface area contributed by atoms with E-state index >= 15 is 0 Å². The van der Waals surface area contributed by atoms with Crippen molar-refractivity contribution in [2.45, 2.75) is 63.8 Å². The molecule has 2 aromatic carbocycles. The number of nitrogens with one attached hydrogen (secondary N) is 2. The van der Waals surface area contributed by atoms with E-state index in [1.165, 1.54) is 28.0 Å². The fourth-order valence-electron chi connectivity index (χ4n) is 4.98. The Kier molecular flexibility index (Phi) is 9.45. The fraction of sp³-hybridized carbons (Fsp3) is 0.333. The van der Waals surface area contributed by atoms with Crippen LogP contribution in [0.2, 0.25) is 0 Å². The number of amides is 3. The van der Waals surface area contributed by atoms with E-state index in [0.717, 1.165) is 26.5 Å². The van der Waals surface area contributed by atoms with Crippen molar-refractivity contribution in [3.8, 4) is 0 Å². The summed E-state index contributed by atoms with van der Waals surface area (Å²) in [6.45, 7) is 7.50. The number of thioether (sulfide) groups is 1. The summed E-state index contributed by atoms with van der Waals surface area (Å²) >= 11 is 2.91. The Labute approximate surface area is 265 Å². The van der Waals surface area contributed by atoms with Crippen LogP contribution in [-0.2, 0) is 36.8 Å². The highest BCUT2D eigenvalue weighted by molar-refractivity contribution is 8.00. The molecule has 2 aliphatic heterocycles. The summed E-state index contributed by atoms with van der Waals surface area (Å²) in [5, 5.41) is 5.17. The van der Waals surface area contributed by atoms with Crippen LogP contribution in [0.5, 0.6) is 0 Å². The number of fused-ring (bicyclic) bond motifs is 1. The lowest BCUT2D eigenvalue weighted by molar-refractivity contribution is -0.154. The zero-order valence-corrected chi connectivity index (χ0v) is 26.6. The third kappa shape index (κ3) is 7.34. The number of carbonyl (C=O) groups is 4. The maximum atomic E-state index is 13.6. The van der Waals surface area contributed by atoms with E-state index in [-0.39, 0.29) is 30.5 Å². The van der Waals surface area contributed by atoms with Gasteiger partial charge in [0.1, 0.15) is 22.7 Å². The average Bonchev–Trinajstić information content (AvgIpc) is 3.44. The van der Waals surface area contributed by atoms with Crippen LogP contribution >= 0.6 is 23.1 Å². The van der Waals surface area contributed by atoms with Crippen molar-refractivity contribution < 1.29 is 28.7 Å². The number of rotatable bonds is 9. The number of carbonyl (C=O) groups excluding carboxylic acids is 4. The number of nitrogens with zero attached hydrogens (tertiary/aromatic N) is 1. The molecule has 5 rings (SSSR count). The molecule has 11 heteroatoms. The van der Waals surface area contributed by atoms with Gasteiger partial charge in [0, 0.05) is 15.5 Å². The van der Waals surface area contributed by atoms with Gasteiger partial charge in [-0.3, -0.25) is 14.5 Å². The molecule has 2 atom stereocenters. The Hall–Kier alpha value is -4.09. The third-order valence-corrected chi connectivity index (χ3v) is 9.47. The molecule has 0 radical (unpaired) electrons. The molecule has 44 heavy (non-hydrogen) atoms. The number of esters is 1. The second-order valence-electron chi connectivity index (χ2n) is 11.6. The Morgan fingerprint density at radius 2 is 1.57 bits per heavy atom. The lowest BCUT2D eigenvalue weighted by Crippen LogP contribution is -2.70. The van der Waals surface area contributed by atoms with Gasteiger partial charge >= 0.3 is 12.1 Å². The van der Waals surface area contributed by atoms with E-state index in [4.69, 9.17) is 9.47 Å². The molecule has 0 aliphatic carbocycles. The van der Waals surface area contributed by atoms with Crippen LogP contribution < -0.4 is 10.6 Å². The van der Waals surface area contributed by atoms with Crippen LogP contribution in [0.1, 0.15) is 54.7 Å². The second kappa shape index (κ2) is 13.3. The van der Waals surface area contributed by atoms with Crippen LogP contribution in [0.3, 0.4) is 0 Å². The first-order valence-corrected chi connectivity index (χ1v) is 16.2. The molecular weight excluding hydrogens is 599 g/mol. The molecule has 1 aromatic heterocycles. The number of β-lactam (4-membered cyclic amide) rings is 1. The molecule has 0 unspecified atom stereocenters. The molecule has 3 heterocycles. The lowest BCUT2D eigenvalue weighted by atomic mass is 10.0. The van der Waals surface area contributed by atoms with E-state index in [1.54, 1.807) is 20.8 Å². The van der Waals surface area contributed by atoms with E-state index in [2.05, 4.69) is 10.6 Å². The smallest absolute Gasteiger partial charge is 0.407 e. The van der Waals surface area contributed by atoms with Gasteiger partial charge in [0.2, 0.25) is 5.91 Å². The molecule has 0 saturated carbocycles. The third-order valence-electron chi connectivity index (χ3n) is 6.96. The molecule has 3 aromatic rings. The number of thiophene rings is 1. The van der Waals surface area contributed by atoms with Gasteiger partial charge in [0.15, 0.2) is 6.10 Å². The summed E-state index contributed by atoms with van der Waals surface area (Å²) in [6, 6.07) is 21.9. The van der Waals surface area contributed by atoms with Crippen LogP contribution in [0.25, 0.3) is 0 Å². The molecule has 2 aliphatic rings. The molecule has 0 spiro atoms. The van der Waals surface area contributed by atoms with Crippen LogP contribution in [0, 0.1) is 0 Å². The van der Waals surface area contributed by atoms with E-state index < -0.39 is 35.2 Å². The van der Waals surface area contributed by atoms with Gasteiger partial charge in [0.05, 0.1) is 13.0 Å². The predicted octanol–water partition coefficient (Wildman–Crippen LogP) is 5.32. The van der Waals surface area contributed by atoms with Crippen molar-refractivity contribution in [3.63, 3.8) is 0 Å². The molecule has 230 valence electrons. The fourth-order valence-corrected chi connectivity index (χ4v) is 7.23. The number of hydrogen-bond acceptors (Lipinski definition) is 8. The van der Waals surface area contributed by atoms with Gasteiger partial charge in [0.25, 0.3) is 5.91 Å². The highest BCUT2D eigenvalue weighted by Crippen LogP contribution is 2.41. The summed E-state index contributed by atoms with van der Waals surface area (Å²) in [4.78, 5) is 55.0. The Morgan fingerprint density at radius 1 is 0.955 bits per heavy atom. The van der Waals surface area contributed by atoms with E-state index in [1.807, 2.05) is 79.7 Å². The number of hydrogen-bond donors (Lipinski definition) is 2. The summed E-state index contributed by atoms with van der Waals surface area (Å²) in [7, 11) is 0. The average molecular weight is 634 g/mol. The molecule has 1 saturated heterocycles. The predicted molar refractivity (Wildman–Crippen MR) is 170 cm³/mol. The van der Waals surface area contributed by atoms with Gasteiger partial charge in [-0.15, -0.1) is 23.1 Å². The van der Waals surface area contributed by atoms with Crippen LogP contribution in [-0.4, -0.2) is 51.5 Å². The highest BCUT2D eigenvalue weighted by atomic mass is 32.2. The zero-order chi connectivity index (χ0) is 31.4. The normalized spacial score (nSPS) is 17.9. The van der Waals surface area contributed by atoms with Gasteiger partial charge in [-0.05, 0) is 56.5 Å². The van der Waals surface area contributed by atoms with E-state index in [9.17, 15) is 19.2 Å². The van der Waals surface area contributed by atoms with Gasteiger partial charge in [-0.25, -0.2) is 9.59 Å². The summed E-state index contributed by atoms with van der Waals surface area (Å²) in [6.07, 6.45) is -1.05. The quantitative estimate of drug-likeness (QED) is 0.242. The zero-order valence-electron chi connectivity index (χ0n) is 25.0. The first-order chi connectivity index (χ1) is 21.0. The molecular formula is C33H35N3O6S2. The Balaban J connectivity index is 1.20. The first-order valence-electron chi connectivity index (χ1n) is 14.3. The minimum atomic E-state index is -0.740. The number of alkyl carbamates (subject to hydrolysis) is 1. The number of ether oxygens (including phenoxy) is 2. The molecule has 0 bridgehead atoms. The maximum Gasteiger partial charge on any atom is 0.407 e.